The van der Waals surface area contributed by atoms with Gasteiger partial charge in [-0.25, -0.2) is 0 Å². The van der Waals surface area contributed by atoms with Crippen molar-refractivity contribution >= 4 is 5.78 Å². The van der Waals surface area contributed by atoms with E-state index in [0.717, 1.165) is 25.7 Å². The maximum atomic E-state index is 12.8. The molecule has 2 aliphatic carbocycles. The molecule has 0 radical (unpaired) electrons. The number of carbonyl (C=O) groups is 1. The zero-order valence-electron chi connectivity index (χ0n) is 12.4. The predicted octanol–water partition coefficient (Wildman–Crippen LogP) is 3.17. The summed E-state index contributed by atoms with van der Waals surface area (Å²) in [5.74, 6) is 1.30. The molecule has 0 bridgehead atoms. The summed E-state index contributed by atoms with van der Waals surface area (Å²) >= 11 is 0. The standard InChI is InChI=1S/C16H26O3/c1-11-4-5-12-10-16(18-8-9-19-16)7-6-15(2,3)14(17)13(11)12/h11-13H,4-10H2,1-3H3/t11-,12-,13-/m1/s1. The molecule has 108 valence electrons. The van der Waals surface area contributed by atoms with Crippen LogP contribution in [-0.2, 0) is 14.3 Å². The highest BCUT2D eigenvalue weighted by molar-refractivity contribution is 5.87. The van der Waals surface area contributed by atoms with Gasteiger partial charge >= 0.3 is 0 Å². The minimum atomic E-state index is -0.384. The lowest BCUT2D eigenvalue weighted by molar-refractivity contribution is -0.187. The minimum Gasteiger partial charge on any atom is -0.348 e. The Kier molecular flexibility index (Phi) is 3.25. The quantitative estimate of drug-likeness (QED) is 0.675. The van der Waals surface area contributed by atoms with Crippen molar-refractivity contribution in [2.75, 3.05) is 13.2 Å². The molecule has 0 aromatic heterocycles. The number of fused-ring (bicyclic) bond motifs is 1. The van der Waals surface area contributed by atoms with Gasteiger partial charge in [0.15, 0.2) is 5.79 Å². The van der Waals surface area contributed by atoms with Crippen molar-refractivity contribution in [3.8, 4) is 0 Å². The van der Waals surface area contributed by atoms with Crippen molar-refractivity contribution in [2.24, 2.45) is 23.2 Å². The van der Waals surface area contributed by atoms with E-state index < -0.39 is 0 Å². The fourth-order valence-corrected chi connectivity index (χ4v) is 4.34. The third-order valence-corrected chi connectivity index (χ3v) is 5.60. The van der Waals surface area contributed by atoms with E-state index in [1.807, 2.05) is 0 Å². The van der Waals surface area contributed by atoms with Gasteiger partial charge in [-0.1, -0.05) is 20.8 Å². The average molecular weight is 266 g/mol. The number of hydrogen-bond acceptors (Lipinski definition) is 3. The Morgan fingerprint density at radius 2 is 1.79 bits per heavy atom. The molecule has 0 unspecified atom stereocenters. The van der Waals surface area contributed by atoms with Crippen LogP contribution in [0.15, 0.2) is 0 Å². The Balaban J connectivity index is 1.91. The van der Waals surface area contributed by atoms with Gasteiger partial charge in [-0.3, -0.25) is 4.79 Å². The number of ether oxygens (including phenoxy) is 2. The molecule has 1 spiro atoms. The smallest absolute Gasteiger partial charge is 0.168 e. The lowest BCUT2D eigenvalue weighted by Gasteiger charge is -2.40. The second-order valence-corrected chi connectivity index (χ2v) is 7.40. The SMILES string of the molecule is C[C@@H]1CC[C@@H]2CC3(CCC(C)(C)C(=O)[C@@H]21)OCCO3. The summed E-state index contributed by atoms with van der Waals surface area (Å²) in [5.41, 5.74) is -0.232. The third-order valence-electron chi connectivity index (χ3n) is 5.60. The second-order valence-electron chi connectivity index (χ2n) is 7.40. The zero-order valence-corrected chi connectivity index (χ0v) is 12.4. The van der Waals surface area contributed by atoms with E-state index in [9.17, 15) is 4.79 Å². The molecule has 3 aliphatic rings. The molecular weight excluding hydrogens is 240 g/mol. The van der Waals surface area contributed by atoms with Crippen LogP contribution in [-0.4, -0.2) is 24.8 Å². The molecule has 2 saturated carbocycles. The zero-order chi connectivity index (χ0) is 13.7. The highest BCUT2D eigenvalue weighted by Gasteiger charge is 2.51. The first kappa shape index (κ1) is 13.6. The first-order valence-corrected chi connectivity index (χ1v) is 7.76. The molecule has 0 N–H and O–H groups in total. The summed E-state index contributed by atoms with van der Waals surface area (Å²) in [6, 6.07) is 0. The Morgan fingerprint density at radius 1 is 1.11 bits per heavy atom. The largest absolute Gasteiger partial charge is 0.348 e. The van der Waals surface area contributed by atoms with Crippen LogP contribution in [0.2, 0.25) is 0 Å². The summed E-state index contributed by atoms with van der Waals surface area (Å²) in [7, 11) is 0. The van der Waals surface area contributed by atoms with Crippen LogP contribution in [0.25, 0.3) is 0 Å². The van der Waals surface area contributed by atoms with Crippen LogP contribution in [0.1, 0.15) is 52.9 Å². The van der Waals surface area contributed by atoms with Gasteiger partial charge in [0.2, 0.25) is 0 Å². The predicted molar refractivity (Wildman–Crippen MR) is 72.7 cm³/mol. The molecule has 3 atom stereocenters. The maximum absolute atomic E-state index is 12.8. The van der Waals surface area contributed by atoms with Crippen molar-refractivity contribution in [2.45, 2.75) is 58.7 Å². The number of Topliss-reactive ketones (excluding diaryl/α,β-unsaturated/α-hetero) is 1. The molecule has 3 fully saturated rings. The van der Waals surface area contributed by atoms with Crippen molar-refractivity contribution in [3.63, 3.8) is 0 Å². The summed E-state index contributed by atoms with van der Waals surface area (Å²) < 4.78 is 11.9. The monoisotopic (exact) mass is 266 g/mol. The van der Waals surface area contributed by atoms with E-state index >= 15 is 0 Å². The summed E-state index contributed by atoms with van der Waals surface area (Å²) in [5, 5.41) is 0. The highest BCUT2D eigenvalue weighted by Crippen LogP contribution is 2.50. The number of carbonyl (C=O) groups excluding carboxylic acids is 1. The van der Waals surface area contributed by atoms with Gasteiger partial charge < -0.3 is 9.47 Å². The van der Waals surface area contributed by atoms with Crippen molar-refractivity contribution in [1.82, 2.24) is 0 Å². The Hall–Kier alpha value is -0.410. The Bertz CT molecular complexity index is 368. The van der Waals surface area contributed by atoms with E-state index in [1.54, 1.807) is 0 Å². The maximum Gasteiger partial charge on any atom is 0.168 e. The molecule has 3 nitrogen and oxygen atoms in total. The molecule has 19 heavy (non-hydrogen) atoms. The molecule has 0 amide bonds. The van der Waals surface area contributed by atoms with Crippen LogP contribution < -0.4 is 0 Å². The molecule has 1 saturated heterocycles. The molecule has 1 heterocycles. The van der Waals surface area contributed by atoms with Crippen molar-refractivity contribution < 1.29 is 14.3 Å². The fraction of sp³-hybridized carbons (Fsp3) is 0.938. The van der Waals surface area contributed by atoms with Gasteiger partial charge in [-0.05, 0) is 31.1 Å². The first-order chi connectivity index (χ1) is 8.94. The van der Waals surface area contributed by atoms with E-state index in [2.05, 4.69) is 20.8 Å². The molecule has 1 aliphatic heterocycles. The van der Waals surface area contributed by atoms with Crippen LogP contribution in [0, 0.1) is 23.2 Å². The second kappa shape index (κ2) is 4.56. The van der Waals surface area contributed by atoms with Crippen molar-refractivity contribution in [3.05, 3.63) is 0 Å². The van der Waals surface area contributed by atoms with Crippen LogP contribution in [0.4, 0.5) is 0 Å². The van der Waals surface area contributed by atoms with Gasteiger partial charge in [0.25, 0.3) is 0 Å². The van der Waals surface area contributed by atoms with Crippen LogP contribution in [0.5, 0.6) is 0 Å². The molecule has 0 aromatic rings. The Labute approximate surface area is 116 Å². The van der Waals surface area contributed by atoms with Crippen LogP contribution >= 0.6 is 0 Å². The summed E-state index contributed by atoms with van der Waals surface area (Å²) in [6.07, 6.45) is 4.99. The van der Waals surface area contributed by atoms with E-state index in [0.29, 0.717) is 30.8 Å². The lowest BCUT2D eigenvalue weighted by Crippen LogP contribution is -2.44. The topological polar surface area (TPSA) is 35.5 Å². The number of ketones is 1. The lowest BCUT2D eigenvalue weighted by atomic mass is 9.68. The molecular formula is C16H26O3. The van der Waals surface area contributed by atoms with E-state index in [1.165, 1.54) is 6.42 Å². The average Bonchev–Trinajstić information content (AvgIpc) is 2.94. The van der Waals surface area contributed by atoms with E-state index in [-0.39, 0.29) is 17.1 Å². The first-order valence-electron chi connectivity index (χ1n) is 7.76. The number of hydrogen-bond donors (Lipinski definition) is 0. The molecule has 3 rings (SSSR count). The molecule has 3 heteroatoms. The molecule has 0 aromatic carbocycles. The Morgan fingerprint density at radius 3 is 2.47 bits per heavy atom. The van der Waals surface area contributed by atoms with Crippen LogP contribution in [0.3, 0.4) is 0 Å². The normalized spacial score (nSPS) is 41.0. The van der Waals surface area contributed by atoms with Gasteiger partial charge in [0.1, 0.15) is 5.78 Å². The van der Waals surface area contributed by atoms with Gasteiger partial charge in [0, 0.05) is 24.2 Å². The fourth-order valence-electron chi connectivity index (χ4n) is 4.34. The number of rotatable bonds is 0. The van der Waals surface area contributed by atoms with E-state index in [4.69, 9.17) is 9.47 Å². The van der Waals surface area contributed by atoms with Gasteiger partial charge in [0.05, 0.1) is 13.2 Å². The minimum absolute atomic E-state index is 0.222. The summed E-state index contributed by atoms with van der Waals surface area (Å²) in [6.45, 7) is 7.86. The highest BCUT2D eigenvalue weighted by atomic mass is 16.7. The third kappa shape index (κ3) is 2.25. The van der Waals surface area contributed by atoms with Crippen molar-refractivity contribution in [1.29, 1.82) is 0 Å². The van der Waals surface area contributed by atoms with Gasteiger partial charge in [-0.15, -0.1) is 0 Å². The summed E-state index contributed by atoms with van der Waals surface area (Å²) in [4.78, 5) is 12.8. The van der Waals surface area contributed by atoms with Gasteiger partial charge in [-0.2, -0.15) is 0 Å².